The van der Waals surface area contributed by atoms with Crippen LogP contribution in [0.3, 0.4) is 0 Å². The van der Waals surface area contributed by atoms with Crippen molar-refractivity contribution < 1.29 is 29.0 Å². The van der Waals surface area contributed by atoms with Crippen LogP contribution in [0.4, 0.5) is 4.79 Å². The minimum Gasteiger partial charge on any atom is -0.508 e. The number of phenols is 1. The maximum atomic E-state index is 13.8. The molecular weight excluding hydrogens is 452 g/mol. The van der Waals surface area contributed by atoms with Crippen molar-refractivity contribution in [2.45, 2.75) is 91.0 Å². The van der Waals surface area contributed by atoms with Crippen LogP contribution < -0.4 is 16.4 Å². The Hall–Kier alpha value is -3.30. The van der Waals surface area contributed by atoms with E-state index in [0.717, 1.165) is 12.8 Å². The maximum Gasteiger partial charge on any atom is 0.408 e. The number of hydrogen-bond donors (Lipinski definition) is 4. The number of nitrogens with zero attached hydrogens (tertiary/aromatic N) is 1. The van der Waals surface area contributed by atoms with Gasteiger partial charge >= 0.3 is 6.09 Å². The number of carbonyl (C=O) groups is 4. The minimum absolute atomic E-state index is 0.0125. The summed E-state index contributed by atoms with van der Waals surface area (Å²) < 4.78 is 5.26. The third-order valence-electron chi connectivity index (χ3n) is 5.28. The van der Waals surface area contributed by atoms with Crippen molar-refractivity contribution in [1.29, 1.82) is 0 Å². The van der Waals surface area contributed by atoms with Crippen molar-refractivity contribution in [2.75, 3.05) is 6.54 Å². The molecular formula is C25H40N4O6. The largest absolute Gasteiger partial charge is 0.508 e. The summed E-state index contributed by atoms with van der Waals surface area (Å²) in [7, 11) is 0. The first-order valence-electron chi connectivity index (χ1n) is 12.0. The fourth-order valence-electron chi connectivity index (χ4n) is 3.41. The van der Waals surface area contributed by atoms with Crippen LogP contribution in [0, 0.1) is 0 Å². The molecule has 0 radical (unpaired) electrons. The molecule has 3 unspecified atom stereocenters. The molecule has 3 atom stereocenters. The average molecular weight is 493 g/mol. The zero-order valence-corrected chi connectivity index (χ0v) is 21.6. The molecule has 0 aliphatic rings. The normalized spacial score (nSPS) is 13.8. The van der Waals surface area contributed by atoms with E-state index in [2.05, 4.69) is 10.6 Å². The Bertz CT molecular complexity index is 866. The molecule has 0 saturated carbocycles. The second kappa shape index (κ2) is 13.6. The SMILES string of the molecule is CCCCNC(=O)C(c1ccc(O)cc1)N(C(=O)C(CC(N)=O)NC(=O)OC(C)(C)C)C(C)CC. The first-order chi connectivity index (χ1) is 16.3. The fraction of sp³-hybridized carbons (Fsp3) is 0.600. The smallest absolute Gasteiger partial charge is 0.408 e. The van der Waals surface area contributed by atoms with E-state index in [9.17, 15) is 24.3 Å². The quantitative estimate of drug-likeness (QED) is 0.329. The Balaban J connectivity index is 3.47. The molecule has 1 rings (SSSR count). The van der Waals surface area contributed by atoms with Crippen LogP contribution in [0.25, 0.3) is 0 Å². The molecule has 35 heavy (non-hydrogen) atoms. The molecule has 0 aliphatic heterocycles. The van der Waals surface area contributed by atoms with Gasteiger partial charge in [0.05, 0.1) is 6.42 Å². The molecule has 0 spiro atoms. The van der Waals surface area contributed by atoms with E-state index in [1.54, 1.807) is 39.8 Å². The number of nitrogens with one attached hydrogen (secondary N) is 2. The summed E-state index contributed by atoms with van der Waals surface area (Å²) in [6.45, 7) is 11.1. The molecule has 10 heteroatoms. The van der Waals surface area contributed by atoms with E-state index in [-0.39, 0.29) is 5.75 Å². The van der Waals surface area contributed by atoms with Crippen LogP contribution in [0.2, 0.25) is 0 Å². The summed E-state index contributed by atoms with van der Waals surface area (Å²) in [5.74, 6) is -1.84. The molecule has 0 saturated heterocycles. The number of rotatable bonds is 12. The van der Waals surface area contributed by atoms with E-state index >= 15 is 0 Å². The zero-order chi connectivity index (χ0) is 26.8. The van der Waals surface area contributed by atoms with Gasteiger partial charge in [-0.15, -0.1) is 0 Å². The number of carbonyl (C=O) groups excluding carboxylic acids is 4. The molecule has 4 amide bonds. The first-order valence-corrected chi connectivity index (χ1v) is 12.0. The van der Waals surface area contributed by atoms with Crippen molar-refractivity contribution in [1.82, 2.24) is 15.5 Å². The molecule has 0 aromatic heterocycles. The van der Waals surface area contributed by atoms with Gasteiger partial charge in [0.2, 0.25) is 17.7 Å². The van der Waals surface area contributed by atoms with Gasteiger partial charge in [-0.1, -0.05) is 32.4 Å². The zero-order valence-electron chi connectivity index (χ0n) is 21.6. The lowest BCUT2D eigenvalue weighted by Crippen LogP contribution is -2.56. The van der Waals surface area contributed by atoms with Crippen LogP contribution in [0.15, 0.2) is 24.3 Å². The van der Waals surface area contributed by atoms with Gasteiger partial charge in [0.1, 0.15) is 23.4 Å². The number of alkyl carbamates (subject to hydrolysis) is 1. The highest BCUT2D eigenvalue weighted by molar-refractivity contribution is 5.94. The predicted molar refractivity (Wildman–Crippen MR) is 132 cm³/mol. The van der Waals surface area contributed by atoms with Crippen LogP contribution in [-0.2, 0) is 19.1 Å². The topological polar surface area (TPSA) is 151 Å². The molecule has 0 bridgehead atoms. The summed E-state index contributed by atoms with van der Waals surface area (Å²) in [6.07, 6.45) is 0.784. The summed E-state index contributed by atoms with van der Waals surface area (Å²) in [4.78, 5) is 52.7. The standard InChI is InChI=1S/C25H40N4O6/c1-7-9-14-27-22(32)21(17-10-12-18(30)13-11-17)29(16(3)8-2)23(33)19(15-20(26)31)28-24(34)35-25(4,5)6/h10-13,16,19,21,30H,7-9,14-15H2,1-6H3,(H2,26,31)(H,27,32)(H,28,34). The van der Waals surface area contributed by atoms with Crippen LogP contribution in [0.1, 0.15) is 78.8 Å². The number of ether oxygens (including phenoxy) is 1. The summed E-state index contributed by atoms with van der Waals surface area (Å²) in [5, 5.41) is 15.0. The van der Waals surface area contributed by atoms with Gasteiger partial charge in [0.15, 0.2) is 0 Å². The molecule has 10 nitrogen and oxygen atoms in total. The van der Waals surface area contributed by atoms with Crippen molar-refractivity contribution in [3.63, 3.8) is 0 Å². The van der Waals surface area contributed by atoms with Gasteiger partial charge in [-0.3, -0.25) is 14.4 Å². The number of aromatic hydroxyl groups is 1. The molecule has 1 aromatic rings. The molecule has 0 aliphatic carbocycles. The third kappa shape index (κ3) is 9.84. The lowest BCUT2D eigenvalue weighted by molar-refractivity contribution is -0.145. The van der Waals surface area contributed by atoms with Gasteiger partial charge in [0, 0.05) is 12.6 Å². The van der Waals surface area contributed by atoms with E-state index in [0.29, 0.717) is 18.5 Å². The fourth-order valence-corrected chi connectivity index (χ4v) is 3.41. The second-order valence-electron chi connectivity index (χ2n) is 9.51. The molecule has 5 N–H and O–H groups in total. The lowest BCUT2D eigenvalue weighted by atomic mass is 9.99. The minimum atomic E-state index is -1.33. The Labute approximate surface area is 207 Å². The summed E-state index contributed by atoms with van der Waals surface area (Å²) in [6, 6.07) is 3.15. The number of nitrogens with two attached hydrogens (primary N) is 1. The van der Waals surface area contributed by atoms with Crippen LogP contribution >= 0.6 is 0 Å². The highest BCUT2D eigenvalue weighted by atomic mass is 16.6. The van der Waals surface area contributed by atoms with E-state index in [1.165, 1.54) is 17.0 Å². The van der Waals surface area contributed by atoms with Crippen molar-refractivity contribution >= 4 is 23.8 Å². The van der Waals surface area contributed by atoms with Crippen molar-refractivity contribution in [2.24, 2.45) is 5.73 Å². The number of hydrogen-bond acceptors (Lipinski definition) is 6. The van der Waals surface area contributed by atoms with E-state index in [4.69, 9.17) is 10.5 Å². The number of amides is 4. The highest BCUT2D eigenvalue weighted by Gasteiger charge is 2.39. The third-order valence-corrected chi connectivity index (χ3v) is 5.28. The lowest BCUT2D eigenvalue weighted by Gasteiger charge is -2.38. The van der Waals surface area contributed by atoms with Gasteiger partial charge < -0.3 is 31.1 Å². The maximum absolute atomic E-state index is 13.8. The van der Waals surface area contributed by atoms with Crippen LogP contribution in [-0.4, -0.2) is 58.1 Å². The van der Waals surface area contributed by atoms with Gasteiger partial charge in [-0.2, -0.15) is 0 Å². The van der Waals surface area contributed by atoms with Crippen molar-refractivity contribution in [3.05, 3.63) is 29.8 Å². The molecule has 0 heterocycles. The predicted octanol–water partition coefficient (Wildman–Crippen LogP) is 2.75. The number of benzene rings is 1. The Morgan fingerprint density at radius 3 is 2.20 bits per heavy atom. The van der Waals surface area contributed by atoms with Gasteiger partial charge in [0.25, 0.3) is 0 Å². The molecule has 0 fully saturated rings. The van der Waals surface area contributed by atoms with Crippen molar-refractivity contribution in [3.8, 4) is 5.75 Å². The Morgan fingerprint density at radius 1 is 1.11 bits per heavy atom. The second-order valence-corrected chi connectivity index (χ2v) is 9.51. The van der Waals surface area contributed by atoms with E-state index in [1.807, 2.05) is 13.8 Å². The molecule has 196 valence electrons. The van der Waals surface area contributed by atoms with E-state index < -0.39 is 54.0 Å². The van der Waals surface area contributed by atoms with Gasteiger partial charge in [-0.25, -0.2) is 4.79 Å². The summed E-state index contributed by atoms with van der Waals surface area (Å²) in [5.41, 5.74) is 5.03. The average Bonchev–Trinajstić information content (AvgIpc) is 2.75. The summed E-state index contributed by atoms with van der Waals surface area (Å²) >= 11 is 0. The molecule has 1 aromatic carbocycles. The Morgan fingerprint density at radius 2 is 1.71 bits per heavy atom. The van der Waals surface area contributed by atoms with Crippen LogP contribution in [0.5, 0.6) is 5.75 Å². The Kier molecular flexibility index (Phi) is 11.5. The number of primary amides is 1. The first kappa shape index (κ1) is 29.7. The number of phenolic OH excluding ortho intramolecular Hbond substituents is 1. The van der Waals surface area contributed by atoms with Gasteiger partial charge in [-0.05, 0) is 58.2 Å². The monoisotopic (exact) mass is 492 g/mol. The number of unbranched alkanes of at least 4 members (excludes halogenated alkanes) is 1. The highest BCUT2D eigenvalue weighted by Crippen LogP contribution is 2.28.